The van der Waals surface area contributed by atoms with Gasteiger partial charge in [0.15, 0.2) is 4.80 Å². The van der Waals surface area contributed by atoms with Gasteiger partial charge in [0.1, 0.15) is 0 Å². The average Bonchev–Trinajstić information content (AvgIpc) is 2.95. The van der Waals surface area contributed by atoms with Gasteiger partial charge in [-0.3, -0.25) is 4.79 Å². The third kappa shape index (κ3) is 4.66. The Morgan fingerprint density at radius 2 is 2.19 bits per heavy atom. The van der Waals surface area contributed by atoms with Crippen molar-refractivity contribution in [3.63, 3.8) is 0 Å². The highest BCUT2D eigenvalue weighted by Crippen LogP contribution is 2.21. The monoisotopic (exact) mass is 411 g/mol. The van der Waals surface area contributed by atoms with E-state index in [1.165, 1.54) is 21.9 Å². The lowest BCUT2D eigenvalue weighted by Gasteiger charge is -2.28. The van der Waals surface area contributed by atoms with Crippen molar-refractivity contribution in [1.29, 1.82) is 0 Å². The number of piperidine rings is 1. The molecular formula is C18H25N3O4S2. The Morgan fingerprint density at radius 3 is 2.89 bits per heavy atom. The molecule has 1 amide bonds. The lowest BCUT2D eigenvalue weighted by molar-refractivity contribution is -0.122. The van der Waals surface area contributed by atoms with Crippen molar-refractivity contribution < 1.29 is 17.9 Å². The molecule has 7 nitrogen and oxygen atoms in total. The highest BCUT2D eigenvalue weighted by molar-refractivity contribution is 7.88. The Hall–Kier alpha value is -1.55. The second kappa shape index (κ2) is 8.22. The topological polar surface area (TPSA) is 81.0 Å². The van der Waals surface area contributed by atoms with Crippen molar-refractivity contribution in [3.8, 4) is 0 Å². The number of benzene rings is 1. The van der Waals surface area contributed by atoms with Crippen LogP contribution in [0.25, 0.3) is 10.2 Å². The molecule has 1 aliphatic rings. The third-order valence-corrected chi connectivity index (χ3v) is 7.08. The van der Waals surface area contributed by atoms with Crippen LogP contribution in [0.2, 0.25) is 0 Å². The molecule has 1 aromatic heterocycles. The number of hydrogen-bond acceptors (Lipinski definition) is 5. The molecule has 3 rings (SSSR count). The maximum atomic E-state index is 12.8. The van der Waals surface area contributed by atoms with Gasteiger partial charge in [-0.25, -0.2) is 12.7 Å². The summed E-state index contributed by atoms with van der Waals surface area (Å²) in [5.74, 6) is -0.644. The number of fused-ring (bicyclic) bond motifs is 1. The van der Waals surface area contributed by atoms with Crippen LogP contribution in [-0.4, -0.2) is 56.3 Å². The van der Waals surface area contributed by atoms with E-state index in [1.54, 1.807) is 7.11 Å². The van der Waals surface area contributed by atoms with Crippen LogP contribution in [0.3, 0.4) is 0 Å². The first-order valence-corrected chi connectivity index (χ1v) is 11.6. The molecule has 0 radical (unpaired) electrons. The van der Waals surface area contributed by atoms with Gasteiger partial charge < -0.3 is 9.30 Å². The molecule has 148 valence electrons. The smallest absolute Gasteiger partial charge is 0.252 e. The third-order valence-electron chi connectivity index (χ3n) is 4.77. The fraction of sp³-hybridized carbons (Fsp3) is 0.556. The molecular weight excluding hydrogens is 386 g/mol. The fourth-order valence-corrected chi connectivity index (χ4v) is 5.37. The normalized spacial score (nSPS) is 19.7. The van der Waals surface area contributed by atoms with Gasteiger partial charge in [-0.1, -0.05) is 17.4 Å². The number of aryl methyl sites for hydroxylation is 1. The van der Waals surface area contributed by atoms with E-state index in [4.69, 9.17) is 4.74 Å². The summed E-state index contributed by atoms with van der Waals surface area (Å²) in [6.07, 6.45) is 2.52. The molecule has 2 aromatic rings. The highest BCUT2D eigenvalue weighted by Gasteiger charge is 2.30. The van der Waals surface area contributed by atoms with Gasteiger partial charge >= 0.3 is 0 Å². The van der Waals surface area contributed by atoms with Crippen LogP contribution in [0.1, 0.15) is 18.4 Å². The molecule has 2 heterocycles. The Kier molecular flexibility index (Phi) is 6.15. The predicted molar refractivity (Wildman–Crippen MR) is 106 cm³/mol. The molecule has 0 saturated carbocycles. The molecule has 9 heteroatoms. The van der Waals surface area contributed by atoms with Crippen LogP contribution >= 0.6 is 11.3 Å². The molecule has 27 heavy (non-hydrogen) atoms. The van der Waals surface area contributed by atoms with Gasteiger partial charge in [0.2, 0.25) is 10.0 Å². The molecule has 0 bridgehead atoms. The van der Waals surface area contributed by atoms with Crippen LogP contribution in [0.5, 0.6) is 0 Å². The lowest BCUT2D eigenvalue weighted by Crippen LogP contribution is -2.41. The van der Waals surface area contributed by atoms with Gasteiger partial charge in [0, 0.05) is 26.7 Å². The number of carbonyl (C=O) groups is 1. The minimum absolute atomic E-state index is 0.212. The van der Waals surface area contributed by atoms with Gasteiger partial charge in [-0.15, -0.1) is 0 Å². The zero-order chi connectivity index (χ0) is 19.6. The molecule has 0 aliphatic carbocycles. The number of thiazole rings is 1. The number of hydrogen-bond donors (Lipinski definition) is 0. The quantitative estimate of drug-likeness (QED) is 0.751. The summed E-state index contributed by atoms with van der Waals surface area (Å²) < 4.78 is 33.2. The summed E-state index contributed by atoms with van der Waals surface area (Å²) >= 11 is 1.48. The first-order chi connectivity index (χ1) is 12.8. The minimum Gasteiger partial charge on any atom is -0.383 e. The van der Waals surface area contributed by atoms with Crippen LogP contribution in [-0.2, 0) is 26.1 Å². The van der Waals surface area contributed by atoms with Crippen molar-refractivity contribution in [2.24, 2.45) is 10.9 Å². The minimum atomic E-state index is -3.29. The standard InChI is InChI=1S/C18H25N3O4S2/c1-13-6-7-15-16(11-13)26-18(21(15)9-10-25-2)19-17(22)14-5-4-8-20(12-14)27(3,23)24/h6-7,11,14H,4-5,8-10,12H2,1-3H3. The molecule has 1 fully saturated rings. The van der Waals surface area contributed by atoms with Crippen LogP contribution < -0.4 is 4.80 Å². The van der Waals surface area contributed by atoms with E-state index in [0.717, 1.165) is 15.8 Å². The maximum Gasteiger partial charge on any atom is 0.252 e. The number of methoxy groups -OCH3 is 1. The molecule has 0 spiro atoms. The second-order valence-corrected chi connectivity index (χ2v) is 9.90. The Morgan fingerprint density at radius 1 is 1.41 bits per heavy atom. The first-order valence-electron chi connectivity index (χ1n) is 8.92. The van der Waals surface area contributed by atoms with Crippen molar-refractivity contribution in [2.45, 2.75) is 26.3 Å². The van der Waals surface area contributed by atoms with Crippen LogP contribution in [0.15, 0.2) is 23.2 Å². The summed E-state index contributed by atoms with van der Waals surface area (Å²) in [4.78, 5) is 17.8. The maximum absolute atomic E-state index is 12.8. The van der Waals surface area contributed by atoms with Crippen molar-refractivity contribution in [2.75, 3.05) is 33.1 Å². The summed E-state index contributed by atoms with van der Waals surface area (Å²) in [5, 5.41) is 0. The Labute approximate surface area is 163 Å². The molecule has 1 saturated heterocycles. The zero-order valence-corrected chi connectivity index (χ0v) is 17.5. The van der Waals surface area contributed by atoms with Crippen LogP contribution in [0.4, 0.5) is 0 Å². The van der Waals surface area contributed by atoms with E-state index in [0.29, 0.717) is 37.3 Å². The summed E-state index contributed by atoms with van der Waals surface area (Å²) in [7, 11) is -1.65. The summed E-state index contributed by atoms with van der Waals surface area (Å²) in [6.45, 7) is 3.84. The van der Waals surface area contributed by atoms with Crippen molar-refractivity contribution in [1.82, 2.24) is 8.87 Å². The number of rotatable bonds is 5. The van der Waals surface area contributed by atoms with E-state index in [-0.39, 0.29) is 12.5 Å². The molecule has 1 atom stereocenters. The number of amides is 1. The van der Waals surface area contributed by atoms with Gasteiger partial charge in [0.25, 0.3) is 5.91 Å². The first kappa shape index (κ1) is 20.2. The number of ether oxygens (including phenoxy) is 1. The lowest BCUT2D eigenvalue weighted by atomic mass is 9.99. The van der Waals surface area contributed by atoms with Crippen LogP contribution in [0, 0.1) is 12.8 Å². The number of nitrogens with zero attached hydrogens (tertiary/aromatic N) is 3. The molecule has 1 unspecified atom stereocenters. The fourth-order valence-electron chi connectivity index (χ4n) is 3.30. The molecule has 1 aliphatic heterocycles. The summed E-state index contributed by atoms with van der Waals surface area (Å²) in [6, 6.07) is 6.15. The number of aromatic nitrogens is 1. The average molecular weight is 412 g/mol. The number of carbonyl (C=O) groups excluding carboxylic acids is 1. The predicted octanol–water partition coefficient (Wildman–Crippen LogP) is 1.76. The second-order valence-electron chi connectivity index (χ2n) is 6.91. The van der Waals surface area contributed by atoms with E-state index in [2.05, 4.69) is 11.1 Å². The number of sulfonamides is 1. The van der Waals surface area contributed by atoms with Gasteiger partial charge in [-0.05, 0) is 37.5 Å². The largest absolute Gasteiger partial charge is 0.383 e. The zero-order valence-electron chi connectivity index (χ0n) is 15.8. The molecule has 1 aromatic carbocycles. The van der Waals surface area contributed by atoms with E-state index < -0.39 is 15.9 Å². The summed E-state index contributed by atoms with van der Waals surface area (Å²) in [5.41, 5.74) is 2.17. The van der Waals surface area contributed by atoms with Crippen molar-refractivity contribution >= 4 is 37.5 Å². The van der Waals surface area contributed by atoms with E-state index in [1.807, 2.05) is 23.6 Å². The molecule has 0 N–H and O–H groups in total. The van der Waals surface area contributed by atoms with E-state index in [9.17, 15) is 13.2 Å². The van der Waals surface area contributed by atoms with Gasteiger partial charge in [0.05, 0.1) is 29.0 Å². The van der Waals surface area contributed by atoms with Gasteiger partial charge in [-0.2, -0.15) is 4.99 Å². The van der Waals surface area contributed by atoms with E-state index >= 15 is 0 Å². The SMILES string of the molecule is COCCn1c(=NC(=O)C2CCCN(S(C)(=O)=O)C2)sc2cc(C)ccc21. The Bertz CT molecular complexity index is 1010. The highest BCUT2D eigenvalue weighted by atomic mass is 32.2. The van der Waals surface area contributed by atoms with Crippen molar-refractivity contribution in [3.05, 3.63) is 28.6 Å². The Balaban J connectivity index is 1.95.